The number of thiophene rings is 1. The van der Waals surface area contributed by atoms with Crippen LogP contribution >= 0.6 is 11.3 Å². The number of nitrogen functional groups attached to an aromatic ring is 1. The van der Waals surface area contributed by atoms with Crippen LogP contribution in [0.15, 0.2) is 4.79 Å². The summed E-state index contributed by atoms with van der Waals surface area (Å²) in [4.78, 5) is 18.0. The van der Waals surface area contributed by atoms with E-state index in [0.29, 0.717) is 11.3 Å². The SMILES string of the molecule is CNc1nc2sc(C)c(C)c2c(=O)n1N. The number of nitrogens with one attached hydrogen (secondary N) is 1. The van der Waals surface area contributed by atoms with E-state index in [0.717, 1.165) is 19.9 Å². The topological polar surface area (TPSA) is 72.9 Å². The van der Waals surface area contributed by atoms with Crippen molar-refractivity contribution in [2.24, 2.45) is 0 Å². The molecule has 0 saturated heterocycles. The van der Waals surface area contributed by atoms with Crippen LogP contribution in [0, 0.1) is 13.8 Å². The van der Waals surface area contributed by atoms with Crippen molar-refractivity contribution in [3.63, 3.8) is 0 Å². The molecular weight excluding hydrogens is 212 g/mol. The summed E-state index contributed by atoms with van der Waals surface area (Å²) in [5.41, 5.74) is 0.764. The number of nitrogens with two attached hydrogens (primary N) is 1. The Kier molecular flexibility index (Phi) is 2.15. The highest BCUT2D eigenvalue weighted by Crippen LogP contribution is 2.26. The molecular formula is C9H12N4OS. The minimum atomic E-state index is -0.203. The van der Waals surface area contributed by atoms with Crippen molar-refractivity contribution >= 4 is 27.5 Å². The number of rotatable bonds is 1. The molecule has 0 aliphatic rings. The molecule has 15 heavy (non-hydrogen) atoms. The Morgan fingerprint density at radius 3 is 2.73 bits per heavy atom. The predicted molar refractivity (Wildman–Crippen MR) is 63.1 cm³/mol. The summed E-state index contributed by atoms with van der Waals surface area (Å²) in [6, 6.07) is 0. The molecule has 0 spiro atoms. The Morgan fingerprint density at radius 1 is 1.47 bits per heavy atom. The van der Waals surface area contributed by atoms with E-state index in [1.807, 2.05) is 13.8 Å². The lowest BCUT2D eigenvalue weighted by molar-refractivity contribution is 0.922. The molecule has 0 aliphatic carbocycles. The zero-order chi connectivity index (χ0) is 11.2. The first kappa shape index (κ1) is 9.97. The summed E-state index contributed by atoms with van der Waals surface area (Å²) >= 11 is 1.51. The maximum absolute atomic E-state index is 11.9. The largest absolute Gasteiger partial charge is 0.357 e. The number of anilines is 1. The highest BCUT2D eigenvalue weighted by Gasteiger charge is 2.13. The number of aryl methyl sites for hydroxylation is 2. The van der Waals surface area contributed by atoms with E-state index in [2.05, 4.69) is 10.3 Å². The molecule has 0 radical (unpaired) electrons. The Labute approximate surface area is 90.5 Å². The lowest BCUT2D eigenvalue weighted by Gasteiger charge is -2.05. The van der Waals surface area contributed by atoms with Crippen molar-refractivity contribution < 1.29 is 0 Å². The second kappa shape index (κ2) is 3.23. The summed E-state index contributed by atoms with van der Waals surface area (Å²) in [7, 11) is 1.68. The highest BCUT2D eigenvalue weighted by atomic mass is 32.1. The van der Waals surface area contributed by atoms with E-state index in [4.69, 9.17) is 5.84 Å². The first-order valence-electron chi connectivity index (χ1n) is 4.51. The van der Waals surface area contributed by atoms with Gasteiger partial charge in [0, 0.05) is 11.9 Å². The van der Waals surface area contributed by atoms with Crippen LogP contribution in [0.1, 0.15) is 10.4 Å². The maximum Gasteiger partial charge on any atom is 0.282 e. The smallest absolute Gasteiger partial charge is 0.282 e. The van der Waals surface area contributed by atoms with E-state index in [1.165, 1.54) is 11.3 Å². The summed E-state index contributed by atoms with van der Waals surface area (Å²) in [6.07, 6.45) is 0. The van der Waals surface area contributed by atoms with Gasteiger partial charge in [-0.3, -0.25) is 4.79 Å². The molecule has 0 atom stereocenters. The zero-order valence-corrected chi connectivity index (χ0v) is 9.60. The van der Waals surface area contributed by atoms with Crippen molar-refractivity contribution in [1.29, 1.82) is 0 Å². The molecule has 2 heterocycles. The summed E-state index contributed by atoms with van der Waals surface area (Å²) < 4.78 is 1.04. The van der Waals surface area contributed by atoms with Gasteiger partial charge in [-0.25, -0.2) is 4.98 Å². The molecule has 0 bridgehead atoms. The average molecular weight is 224 g/mol. The fourth-order valence-corrected chi connectivity index (χ4v) is 2.50. The maximum atomic E-state index is 11.9. The number of nitrogens with zero attached hydrogens (tertiary/aromatic N) is 2. The van der Waals surface area contributed by atoms with Gasteiger partial charge >= 0.3 is 0 Å². The van der Waals surface area contributed by atoms with Crippen LogP contribution in [-0.4, -0.2) is 16.7 Å². The molecule has 0 saturated carbocycles. The second-order valence-electron chi connectivity index (χ2n) is 3.32. The number of hydrogen-bond donors (Lipinski definition) is 2. The molecule has 0 aromatic carbocycles. The number of fused-ring (bicyclic) bond motifs is 1. The Morgan fingerprint density at radius 2 is 2.13 bits per heavy atom. The van der Waals surface area contributed by atoms with Crippen molar-refractivity contribution in [2.75, 3.05) is 18.2 Å². The molecule has 2 aromatic rings. The zero-order valence-electron chi connectivity index (χ0n) is 8.79. The van der Waals surface area contributed by atoms with Gasteiger partial charge in [0.1, 0.15) is 4.83 Å². The van der Waals surface area contributed by atoms with Crippen molar-refractivity contribution in [2.45, 2.75) is 13.8 Å². The molecule has 2 aromatic heterocycles. The lowest BCUT2D eigenvalue weighted by Crippen LogP contribution is -2.30. The molecule has 2 rings (SSSR count). The highest BCUT2D eigenvalue weighted by molar-refractivity contribution is 7.18. The van der Waals surface area contributed by atoms with E-state index in [-0.39, 0.29) is 5.56 Å². The molecule has 3 N–H and O–H groups in total. The average Bonchev–Trinajstić information content (AvgIpc) is 2.49. The van der Waals surface area contributed by atoms with E-state index in [9.17, 15) is 4.79 Å². The van der Waals surface area contributed by atoms with Gasteiger partial charge in [-0.15, -0.1) is 11.3 Å². The third kappa shape index (κ3) is 1.29. The molecule has 5 nitrogen and oxygen atoms in total. The van der Waals surface area contributed by atoms with Gasteiger partial charge in [0.15, 0.2) is 0 Å². The van der Waals surface area contributed by atoms with E-state index in [1.54, 1.807) is 7.05 Å². The van der Waals surface area contributed by atoms with Gasteiger partial charge in [-0.1, -0.05) is 0 Å². The first-order valence-corrected chi connectivity index (χ1v) is 5.33. The molecule has 0 fully saturated rings. The van der Waals surface area contributed by atoms with Gasteiger partial charge in [0.05, 0.1) is 5.39 Å². The molecule has 0 unspecified atom stereocenters. The van der Waals surface area contributed by atoms with Gasteiger partial charge in [0.2, 0.25) is 5.95 Å². The lowest BCUT2D eigenvalue weighted by atomic mass is 10.2. The predicted octanol–water partition coefficient (Wildman–Crippen LogP) is 0.830. The van der Waals surface area contributed by atoms with Crippen LogP contribution in [0.2, 0.25) is 0 Å². The second-order valence-corrected chi connectivity index (χ2v) is 4.53. The normalized spacial score (nSPS) is 10.9. The van der Waals surface area contributed by atoms with E-state index >= 15 is 0 Å². The minimum absolute atomic E-state index is 0.203. The van der Waals surface area contributed by atoms with Crippen molar-refractivity contribution in [3.05, 3.63) is 20.8 Å². The van der Waals surface area contributed by atoms with Crippen LogP contribution in [0.4, 0.5) is 5.95 Å². The quantitative estimate of drug-likeness (QED) is 0.704. The van der Waals surface area contributed by atoms with Crippen LogP contribution in [0.25, 0.3) is 10.2 Å². The Hall–Kier alpha value is -1.56. The summed E-state index contributed by atoms with van der Waals surface area (Å²) in [5.74, 6) is 6.00. The standard InChI is InChI=1S/C9H12N4OS/c1-4-5(2)15-7-6(4)8(14)13(10)9(11-3)12-7/h10H2,1-3H3,(H,11,12). The van der Waals surface area contributed by atoms with Gasteiger partial charge in [0.25, 0.3) is 5.56 Å². The van der Waals surface area contributed by atoms with Gasteiger partial charge in [-0.05, 0) is 19.4 Å². The summed E-state index contributed by atoms with van der Waals surface area (Å²) in [5, 5.41) is 3.41. The Bertz CT molecular complexity index is 584. The molecule has 0 amide bonds. The number of aromatic nitrogens is 2. The Balaban J connectivity index is 2.98. The van der Waals surface area contributed by atoms with Gasteiger partial charge < -0.3 is 11.2 Å². The third-order valence-electron chi connectivity index (χ3n) is 2.46. The van der Waals surface area contributed by atoms with Crippen LogP contribution in [0.3, 0.4) is 0 Å². The fraction of sp³-hybridized carbons (Fsp3) is 0.333. The number of hydrogen-bond acceptors (Lipinski definition) is 5. The third-order valence-corrected chi connectivity index (χ3v) is 3.56. The van der Waals surface area contributed by atoms with Crippen molar-refractivity contribution in [1.82, 2.24) is 9.66 Å². The molecule has 6 heteroatoms. The van der Waals surface area contributed by atoms with Crippen LogP contribution < -0.4 is 16.7 Å². The van der Waals surface area contributed by atoms with E-state index < -0.39 is 0 Å². The molecule has 0 aliphatic heterocycles. The summed E-state index contributed by atoms with van der Waals surface area (Å²) in [6.45, 7) is 3.89. The minimum Gasteiger partial charge on any atom is -0.357 e. The van der Waals surface area contributed by atoms with Crippen molar-refractivity contribution in [3.8, 4) is 0 Å². The molecule has 80 valence electrons. The van der Waals surface area contributed by atoms with Crippen LogP contribution in [-0.2, 0) is 0 Å². The monoisotopic (exact) mass is 224 g/mol. The first-order chi connectivity index (χ1) is 7.06. The fourth-order valence-electron chi connectivity index (χ4n) is 1.48. The van der Waals surface area contributed by atoms with Gasteiger partial charge in [-0.2, -0.15) is 4.68 Å². The van der Waals surface area contributed by atoms with Crippen LogP contribution in [0.5, 0.6) is 0 Å².